The Hall–Kier alpha value is -1.98. The van der Waals surface area contributed by atoms with Gasteiger partial charge in [0.05, 0.1) is 17.1 Å². The third-order valence-corrected chi connectivity index (χ3v) is 1.67. The lowest BCUT2D eigenvalue weighted by Crippen LogP contribution is -2.07. The van der Waals surface area contributed by atoms with Gasteiger partial charge in [-0.25, -0.2) is 0 Å². The van der Waals surface area contributed by atoms with Crippen LogP contribution in [0.4, 0.5) is 28.4 Å². The maximum atomic E-state index is 9.23. The minimum atomic E-state index is -0.320. The average molecular weight is 169 g/mol. The molecule has 0 fully saturated rings. The Labute approximate surface area is 68.9 Å². The molecule has 0 spiro atoms. The Morgan fingerprint density at radius 2 is 0.833 bits per heavy atom. The van der Waals surface area contributed by atoms with Crippen LogP contribution < -0.4 is 28.7 Å². The van der Waals surface area contributed by atoms with Crippen LogP contribution in [0.1, 0.15) is 0 Å². The third kappa shape index (κ3) is 0.815. The van der Waals surface area contributed by atoms with Crippen LogP contribution in [0.15, 0.2) is 0 Å². The van der Waals surface area contributed by atoms with Crippen molar-refractivity contribution >= 4 is 28.4 Å². The molecular weight excluding hydrogens is 158 g/mol. The molecule has 0 atom stereocenters. The SMILES string of the molecule is Nc1c(N)c(N)c(O)c(N)c1N. The summed E-state index contributed by atoms with van der Waals surface area (Å²) in [6.45, 7) is 0. The summed E-state index contributed by atoms with van der Waals surface area (Å²) in [5.74, 6) is -0.320. The molecule has 0 amide bonds. The van der Waals surface area contributed by atoms with E-state index in [4.69, 9.17) is 28.7 Å². The molecule has 12 heavy (non-hydrogen) atoms. The van der Waals surface area contributed by atoms with Gasteiger partial charge in [-0.3, -0.25) is 0 Å². The molecule has 0 radical (unpaired) electrons. The van der Waals surface area contributed by atoms with Crippen molar-refractivity contribution in [2.24, 2.45) is 0 Å². The lowest BCUT2D eigenvalue weighted by atomic mass is 10.1. The van der Waals surface area contributed by atoms with Crippen molar-refractivity contribution in [3.05, 3.63) is 0 Å². The van der Waals surface area contributed by atoms with E-state index >= 15 is 0 Å². The van der Waals surface area contributed by atoms with Crippen molar-refractivity contribution in [3.8, 4) is 5.75 Å². The topological polar surface area (TPSA) is 150 Å². The van der Waals surface area contributed by atoms with Gasteiger partial charge < -0.3 is 33.8 Å². The third-order valence-electron chi connectivity index (χ3n) is 1.67. The summed E-state index contributed by atoms with van der Waals surface area (Å²) in [7, 11) is 0. The van der Waals surface area contributed by atoms with Gasteiger partial charge in [-0.1, -0.05) is 0 Å². The van der Waals surface area contributed by atoms with Gasteiger partial charge in [-0.05, 0) is 0 Å². The average Bonchev–Trinajstić information content (AvgIpc) is 2.08. The van der Waals surface area contributed by atoms with Crippen LogP contribution in [0.5, 0.6) is 5.75 Å². The molecule has 0 aliphatic heterocycles. The van der Waals surface area contributed by atoms with Crippen LogP contribution >= 0.6 is 0 Å². The number of phenolic OH excluding ortho intramolecular Hbond substituents is 1. The fourth-order valence-electron chi connectivity index (χ4n) is 0.835. The largest absolute Gasteiger partial charge is 0.504 e. The van der Waals surface area contributed by atoms with Gasteiger partial charge in [0.25, 0.3) is 0 Å². The summed E-state index contributed by atoms with van der Waals surface area (Å²) in [6, 6.07) is 0. The molecule has 11 N–H and O–H groups in total. The van der Waals surface area contributed by atoms with Crippen LogP contribution in [0, 0.1) is 0 Å². The highest BCUT2D eigenvalue weighted by atomic mass is 16.3. The van der Waals surface area contributed by atoms with Crippen molar-refractivity contribution in [3.63, 3.8) is 0 Å². The van der Waals surface area contributed by atoms with E-state index in [2.05, 4.69) is 0 Å². The maximum Gasteiger partial charge on any atom is 0.166 e. The molecule has 66 valence electrons. The minimum absolute atomic E-state index is 0.0424. The molecular formula is C6H11N5O. The van der Waals surface area contributed by atoms with E-state index < -0.39 is 0 Å². The smallest absolute Gasteiger partial charge is 0.166 e. The molecule has 6 heteroatoms. The van der Waals surface area contributed by atoms with E-state index in [1.165, 1.54) is 0 Å². The minimum Gasteiger partial charge on any atom is -0.504 e. The van der Waals surface area contributed by atoms with Crippen LogP contribution in [0.3, 0.4) is 0 Å². The number of hydrogen-bond donors (Lipinski definition) is 6. The molecule has 0 bridgehead atoms. The van der Waals surface area contributed by atoms with E-state index in [0.717, 1.165) is 0 Å². The van der Waals surface area contributed by atoms with Gasteiger partial charge in [0, 0.05) is 0 Å². The molecule has 1 aromatic rings. The Balaban J connectivity index is 3.60. The van der Waals surface area contributed by atoms with Crippen molar-refractivity contribution in [2.75, 3.05) is 28.7 Å². The molecule has 0 saturated carbocycles. The summed E-state index contributed by atoms with van der Waals surface area (Å²) >= 11 is 0. The number of benzene rings is 1. The number of nitrogens with two attached hydrogens (primary N) is 5. The Bertz CT molecular complexity index is 230. The van der Waals surface area contributed by atoms with Crippen LogP contribution in [-0.4, -0.2) is 5.11 Å². The first-order chi connectivity index (χ1) is 5.46. The van der Waals surface area contributed by atoms with E-state index in [1.54, 1.807) is 0 Å². The molecule has 1 aromatic carbocycles. The van der Waals surface area contributed by atoms with Crippen molar-refractivity contribution < 1.29 is 5.11 Å². The predicted octanol–water partition coefficient (Wildman–Crippen LogP) is -0.697. The van der Waals surface area contributed by atoms with Crippen LogP contribution in [0.2, 0.25) is 0 Å². The molecule has 0 saturated heterocycles. The highest BCUT2D eigenvalue weighted by Crippen LogP contribution is 2.42. The van der Waals surface area contributed by atoms with E-state index in [0.29, 0.717) is 0 Å². The molecule has 0 aliphatic carbocycles. The molecule has 1 rings (SSSR count). The summed E-state index contributed by atoms with van der Waals surface area (Å²) in [5, 5.41) is 9.23. The Morgan fingerprint density at radius 3 is 1.17 bits per heavy atom. The first kappa shape index (κ1) is 8.12. The van der Waals surface area contributed by atoms with Crippen LogP contribution in [-0.2, 0) is 0 Å². The van der Waals surface area contributed by atoms with Crippen molar-refractivity contribution in [1.29, 1.82) is 0 Å². The summed E-state index contributed by atoms with van der Waals surface area (Å²) in [6.07, 6.45) is 0. The lowest BCUT2D eigenvalue weighted by molar-refractivity contribution is 0.481. The van der Waals surface area contributed by atoms with Gasteiger partial charge >= 0.3 is 0 Å². The molecule has 6 nitrogen and oxygen atoms in total. The number of hydrogen-bond acceptors (Lipinski definition) is 6. The van der Waals surface area contributed by atoms with E-state index in [-0.39, 0.29) is 34.2 Å². The number of phenols is 1. The molecule has 0 aliphatic rings. The second-order valence-corrected chi connectivity index (χ2v) is 2.42. The molecule has 0 unspecified atom stereocenters. The number of anilines is 5. The molecule has 0 aromatic heterocycles. The fourth-order valence-corrected chi connectivity index (χ4v) is 0.835. The number of aromatic hydroxyl groups is 1. The summed E-state index contributed by atoms with van der Waals surface area (Å²) < 4.78 is 0. The zero-order valence-corrected chi connectivity index (χ0v) is 6.33. The lowest BCUT2D eigenvalue weighted by Gasteiger charge is -2.12. The fraction of sp³-hybridized carbons (Fsp3) is 0. The first-order valence-corrected chi connectivity index (χ1v) is 3.17. The first-order valence-electron chi connectivity index (χ1n) is 3.17. The normalized spacial score (nSPS) is 10.0. The summed E-state index contributed by atoms with van der Waals surface area (Å²) in [4.78, 5) is 0. The Morgan fingerprint density at radius 1 is 0.583 bits per heavy atom. The highest BCUT2D eigenvalue weighted by molar-refractivity contribution is 5.98. The number of nitrogen functional groups attached to an aromatic ring is 5. The van der Waals surface area contributed by atoms with Gasteiger partial charge in [-0.15, -0.1) is 0 Å². The van der Waals surface area contributed by atoms with Gasteiger partial charge in [0.2, 0.25) is 0 Å². The van der Waals surface area contributed by atoms with Crippen molar-refractivity contribution in [2.45, 2.75) is 0 Å². The Kier molecular flexibility index (Phi) is 1.53. The van der Waals surface area contributed by atoms with E-state index in [9.17, 15) is 5.11 Å². The monoisotopic (exact) mass is 169 g/mol. The standard InChI is InChI=1S/C6H11N5O/c7-1-2(8)4(10)6(12)5(11)3(1)9/h12H,7-11H2. The van der Waals surface area contributed by atoms with E-state index in [1.807, 2.05) is 0 Å². The van der Waals surface area contributed by atoms with Gasteiger partial charge in [-0.2, -0.15) is 0 Å². The molecule has 0 heterocycles. The quantitative estimate of drug-likeness (QED) is 0.172. The second kappa shape index (κ2) is 2.26. The summed E-state index contributed by atoms with van der Waals surface area (Å²) in [5.41, 5.74) is 27.1. The van der Waals surface area contributed by atoms with Crippen LogP contribution in [0.25, 0.3) is 0 Å². The highest BCUT2D eigenvalue weighted by Gasteiger charge is 2.14. The predicted molar refractivity (Wildman–Crippen MR) is 50.2 cm³/mol. The zero-order chi connectivity index (χ0) is 9.46. The zero-order valence-electron chi connectivity index (χ0n) is 6.33. The van der Waals surface area contributed by atoms with Crippen molar-refractivity contribution in [1.82, 2.24) is 0 Å². The maximum absolute atomic E-state index is 9.23. The number of rotatable bonds is 0. The van der Waals surface area contributed by atoms with Gasteiger partial charge in [0.1, 0.15) is 11.4 Å². The second-order valence-electron chi connectivity index (χ2n) is 2.42. The van der Waals surface area contributed by atoms with Gasteiger partial charge in [0.15, 0.2) is 5.75 Å².